The first-order valence-corrected chi connectivity index (χ1v) is 6.86. The highest BCUT2D eigenvalue weighted by Crippen LogP contribution is 2.02. The summed E-state index contributed by atoms with van der Waals surface area (Å²) in [5.74, 6) is 0. The molecule has 0 unspecified atom stereocenters. The summed E-state index contributed by atoms with van der Waals surface area (Å²) in [7, 11) is -0.286. The van der Waals surface area contributed by atoms with E-state index in [1.54, 1.807) is 0 Å². The lowest BCUT2D eigenvalue weighted by atomic mass is 9.78. The standard InChI is InChI=1S/C14H24BNO2/c1-3-5-10-17-15(18-11-6-4-2)13-8-7-9-14(16)12-13/h7-9,12H,3-6,10-11,16H2,1-2H3. The minimum absolute atomic E-state index is 0.286. The average molecular weight is 249 g/mol. The van der Waals surface area contributed by atoms with Gasteiger partial charge in [-0.1, -0.05) is 38.8 Å². The van der Waals surface area contributed by atoms with E-state index in [9.17, 15) is 0 Å². The van der Waals surface area contributed by atoms with Gasteiger partial charge >= 0.3 is 7.12 Å². The average Bonchev–Trinajstić information content (AvgIpc) is 2.37. The van der Waals surface area contributed by atoms with Crippen LogP contribution in [-0.4, -0.2) is 20.3 Å². The van der Waals surface area contributed by atoms with E-state index in [-0.39, 0.29) is 7.12 Å². The maximum Gasteiger partial charge on any atom is 0.493 e. The van der Waals surface area contributed by atoms with E-state index in [1.807, 2.05) is 24.3 Å². The van der Waals surface area contributed by atoms with Crippen molar-refractivity contribution in [1.29, 1.82) is 0 Å². The van der Waals surface area contributed by atoms with Crippen molar-refractivity contribution < 1.29 is 9.31 Å². The molecule has 1 aromatic rings. The summed E-state index contributed by atoms with van der Waals surface area (Å²) in [5, 5.41) is 0. The van der Waals surface area contributed by atoms with E-state index in [2.05, 4.69) is 13.8 Å². The van der Waals surface area contributed by atoms with Crippen LogP contribution >= 0.6 is 0 Å². The Morgan fingerprint density at radius 1 is 1.06 bits per heavy atom. The number of nitrogen functional groups attached to an aromatic ring is 1. The number of hydrogen-bond acceptors (Lipinski definition) is 3. The maximum atomic E-state index is 5.79. The number of anilines is 1. The zero-order valence-electron chi connectivity index (χ0n) is 11.5. The topological polar surface area (TPSA) is 44.5 Å². The molecular weight excluding hydrogens is 225 g/mol. The van der Waals surface area contributed by atoms with Crippen molar-refractivity contribution in [2.75, 3.05) is 18.9 Å². The van der Waals surface area contributed by atoms with E-state index < -0.39 is 0 Å². The fraction of sp³-hybridized carbons (Fsp3) is 0.571. The first-order valence-electron chi connectivity index (χ1n) is 6.86. The molecule has 4 heteroatoms. The molecule has 100 valence electrons. The quantitative estimate of drug-likeness (QED) is 0.415. The molecule has 1 rings (SSSR count). The number of unbranched alkanes of at least 4 members (excludes halogenated alkanes) is 2. The molecule has 0 spiro atoms. The Labute approximate surface area is 111 Å². The summed E-state index contributed by atoms with van der Waals surface area (Å²) in [5.41, 5.74) is 7.54. The monoisotopic (exact) mass is 249 g/mol. The van der Waals surface area contributed by atoms with Crippen LogP contribution in [0.3, 0.4) is 0 Å². The van der Waals surface area contributed by atoms with Gasteiger partial charge in [-0.2, -0.15) is 0 Å². The van der Waals surface area contributed by atoms with Gasteiger partial charge in [-0.15, -0.1) is 0 Å². The van der Waals surface area contributed by atoms with Crippen molar-refractivity contribution in [3.8, 4) is 0 Å². The summed E-state index contributed by atoms with van der Waals surface area (Å²) < 4.78 is 11.6. The largest absolute Gasteiger partial charge is 0.493 e. The number of benzene rings is 1. The maximum absolute atomic E-state index is 5.79. The fourth-order valence-corrected chi connectivity index (χ4v) is 1.62. The van der Waals surface area contributed by atoms with E-state index in [0.717, 1.165) is 50.0 Å². The first kappa shape index (κ1) is 15.1. The van der Waals surface area contributed by atoms with Crippen LogP contribution in [0, 0.1) is 0 Å². The summed E-state index contributed by atoms with van der Waals surface area (Å²) >= 11 is 0. The van der Waals surface area contributed by atoms with Crippen molar-refractivity contribution in [2.45, 2.75) is 39.5 Å². The van der Waals surface area contributed by atoms with Gasteiger partial charge in [0.15, 0.2) is 0 Å². The Morgan fingerprint density at radius 2 is 1.67 bits per heavy atom. The van der Waals surface area contributed by atoms with Gasteiger partial charge in [-0.25, -0.2) is 0 Å². The number of hydrogen-bond donors (Lipinski definition) is 1. The van der Waals surface area contributed by atoms with E-state index in [4.69, 9.17) is 15.0 Å². The van der Waals surface area contributed by atoms with Gasteiger partial charge in [0.25, 0.3) is 0 Å². The third kappa shape index (κ3) is 5.56. The molecule has 0 fully saturated rings. The van der Waals surface area contributed by atoms with Crippen LogP contribution in [0.25, 0.3) is 0 Å². The Bertz CT molecular complexity index is 323. The van der Waals surface area contributed by atoms with E-state index in [0.29, 0.717) is 0 Å². The predicted molar refractivity (Wildman–Crippen MR) is 78.0 cm³/mol. The smallest absolute Gasteiger partial charge is 0.407 e. The molecule has 1 aromatic carbocycles. The Hall–Kier alpha value is -0.995. The fourth-order valence-electron chi connectivity index (χ4n) is 1.62. The molecule has 3 nitrogen and oxygen atoms in total. The minimum Gasteiger partial charge on any atom is -0.407 e. The highest BCUT2D eigenvalue weighted by atomic mass is 16.6. The number of nitrogens with two attached hydrogens (primary N) is 1. The lowest BCUT2D eigenvalue weighted by Gasteiger charge is -2.15. The van der Waals surface area contributed by atoms with Crippen LogP contribution in [0.2, 0.25) is 0 Å². The van der Waals surface area contributed by atoms with E-state index in [1.165, 1.54) is 0 Å². The van der Waals surface area contributed by atoms with Gasteiger partial charge in [0.05, 0.1) is 0 Å². The molecule has 0 aliphatic heterocycles. The Balaban J connectivity index is 2.57. The second kappa shape index (κ2) is 9.00. The van der Waals surface area contributed by atoms with Gasteiger partial charge in [-0.3, -0.25) is 0 Å². The van der Waals surface area contributed by atoms with Crippen LogP contribution in [0.15, 0.2) is 24.3 Å². The molecule has 0 radical (unpaired) electrons. The Morgan fingerprint density at radius 3 is 2.17 bits per heavy atom. The summed E-state index contributed by atoms with van der Waals surface area (Å²) in [4.78, 5) is 0. The van der Waals surface area contributed by atoms with Gasteiger partial charge in [0, 0.05) is 18.9 Å². The second-order valence-corrected chi connectivity index (χ2v) is 4.45. The molecule has 0 saturated heterocycles. The lowest BCUT2D eigenvalue weighted by Crippen LogP contribution is -2.37. The molecule has 0 aliphatic carbocycles. The van der Waals surface area contributed by atoms with Crippen molar-refractivity contribution in [2.24, 2.45) is 0 Å². The molecule has 0 bridgehead atoms. The molecule has 2 N–H and O–H groups in total. The molecule has 0 aliphatic rings. The Kier molecular flexibility index (Phi) is 7.54. The highest BCUT2D eigenvalue weighted by Gasteiger charge is 2.20. The summed E-state index contributed by atoms with van der Waals surface area (Å²) in [6.45, 7) is 5.75. The second-order valence-electron chi connectivity index (χ2n) is 4.45. The molecule has 0 amide bonds. The summed E-state index contributed by atoms with van der Waals surface area (Å²) in [6, 6.07) is 7.73. The van der Waals surface area contributed by atoms with Crippen LogP contribution in [0.1, 0.15) is 39.5 Å². The molecule has 0 heterocycles. The number of rotatable bonds is 9. The van der Waals surface area contributed by atoms with Crippen LogP contribution in [0.4, 0.5) is 5.69 Å². The summed E-state index contributed by atoms with van der Waals surface area (Å²) in [6.07, 6.45) is 4.35. The van der Waals surface area contributed by atoms with Gasteiger partial charge in [-0.05, 0) is 30.4 Å². The minimum atomic E-state index is -0.286. The van der Waals surface area contributed by atoms with Gasteiger partial charge in [0.1, 0.15) is 0 Å². The van der Waals surface area contributed by atoms with Crippen molar-refractivity contribution in [3.05, 3.63) is 24.3 Å². The predicted octanol–water partition coefficient (Wildman–Crippen LogP) is 2.60. The van der Waals surface area contributed by atoms with Gasteiger partial charge < -0.3 is 15.0 Å². The SMILES string of the molecule is CCCCOB(OCCCC)c1cccc(N)c1. The molecule has 0 saturated carbocycles. The normalized spacial score (nSPS) is 10.6. The first-order chi connectivity index (χ1) is 8.77. The lowest BCUT2D eigenvalue weighted by molar-refractivity contribution is 0.202. The zero-order valence-corrected chi connectivity index (χ0v) is 11.5. The van der Waals surface area contributed by atoms with Crippen LogP contribution in [-0.2, 0) is 9.31 Å². The molecule has 18 heavy (non-hydrogen) atoms. The molecule has 0 atom stereocenters. The van der Waals surface area contributed by atoms with Crippen LogP contribution in [0.5, 0.6) is 0 Å². The van der Waals surface area contributed by atoms with Crippen molar-refractivity contribution in [3.63, 3.8) is 0 Å². The van der Waals surface area contributed by atoms with Crippen molar-refractivity contribution in [1.82, 2.24) is 0 Å². The third-order valence-corrected chi connectivity index (χ3v) is 2.72. The van der Waals surface area contributed by atoms with Gasteiger partial charge in [0.2, 0.25) is 0 Å². The molecule has 0 aromatic heterocycles. The third-order valence-electron chi connectivity index (χ3n) is 2.72. The molecular formula is C14H24BNO2. The van der Waals surface area contributed by atoms with Crippen LogP contribution < -0.4 is 11.2 Å². The van der Waals surface area contributed by atoms with E-state index >= 15 is 0 Å². The zero-order chi connectivity index (χ0) is 13.2. The van der Waals surface area contributed by atoms with Crippen molar-refractivity contribution >= 4 is 18.3 Å². The highest BCUT2D eigenvalue weighted by molar-refractivity contribution is 6.61.